The van der Waals surface area contributed by atoms with E-state index in [1.54, 1.807) is 0 Å². The Morgan fingerprint density at radius 2 is 1.52 bits per heavy atom. The lowest BCUT2D eigenvalue weighted by molar-refractivity contribution is 0.362. The summed E-state index contributed by atoms with van der Waals surface area (Å²) in [6.45, 7) is 32.8. The van der Waals surface area contributed by atoms with E-state index in [4.69, 9.17) is 0 Å². The molecule has 160 valence electrons. The molecule has 1 unspecified atom stereocenters. The Kier molecular flexibility index (Phi) is 14.6. The third-order valence-electron chi connectivity index (χ3n) is 4.99. The van der Waals surface area contributed by atoms with E-state index >= 15 is 0 Å². The summed E-state index contributed by atoms with van der Waals surface area (Å²) in [5.41, 5.74) is 5.11. The molecule has 2 aliphatic carbocycles. The van der Waals surface area contributed by atoms with Crippen LogP contribution in [-0.2, 0) is 0 Å². The molecule has 0 bridgehead atoms. The van der Waals surface area contributed by atoms with Crippen molar-refractivity contribution in [2.45, 2.75) is 61.3 Å². The first-order valence-corrected chi connectivity index (χ1v) is 10.8. The van der Waals surface area contributed by atoms with Crippen molar-refractivity contribution < 1.29 is 0 Å². The number of rotatable bonds is 6. The summed E-state index contributed by atoms with van der Waals surface area (Å²) in [7, 11) is 0. The van der Waals surface area contributed by atoms with Gasteiger partial charge in [-0.15, -0.1) is 13.2 Å². The molecule has 0 amide bonds. The van der Waals surface area contributed by atoms with Crippen LogP contribution in [0.1, 0.15) is 61.3 Å². The van der Waals surface area contributed by atoms with Gasteiger partial charge in [-0.05, 0) is 47.5 Å². The fourth-order valence-electron chi connectivity index (χ4n) is 4.22. The van der Waals surface area contributed by atoms with Gasteiger partial charge in [0.15, 0.2) is 0 Å². The molecule has 0 fully saturated rings. The molecule has 0 N–H and O–H groups in total. The van der Waals surface area contributed by atoms with Crippen molar-refractivity contribution >= 4 is 0 Å². The Morgan fingerprint density at radius 1 is 0.966 bits per heavy atom. The van der Waals surface area contributed by atoms with Crippen LogP contribution in [0.3, 0.4) is 0 Å². The van der Waals surface area contributed by atoms with E-state index in [0.29, 0.717) is 0 Å². The molecule has 0 heteroatoms. The molecule has 0 nitrogen and oxygen atoms in total. The van der Waals surface area contributed by atoms with Gasteiger partial charge in [0.25, 0.3) is 0 Å². The molecule has 0 radical (unpaired) electrons. The quantitative estimate of drug-likeness (QED) is 0.312. The van der Waals surface area contributed by atoms with Crippen molar-refractivity contribution in [2.75, 3.05) is 0 Å². The lowest BCUT2D eigenvalue weighted by Crippen LogP contribution is -2.26. The molecule has 0 saturated carbocycles. The second-order valence-corrected chi connectivity index (χ2v) is 6.86. The van der Waals surface area contributed by atoms with E-state index in [9.17, 15) is 0 Å². The molecular weight excluding hydrogens is 348 g/mol. The molecule has 0 aromatic heterocycles. The minimum atomic E-state index is -0.164. The van der Waals surface area contributed by atoms with Crippen LogP contribution in [0.15, 0.2) is 110 Å². The first kappa shape index (κ1) is 28.9. The molecule has 0 aromatic carbocycles. The minimum Gasteiger partial charge on any atom is -0.106 e. The van der Waals surface area contributed by atoms with Gasteiger partial charge >= 0.3 is 0 Å². The number of allylic oxidation sites excluding steroid dienone is 13. The molecule has 2 rings (SSSR count). The maximum atomic E-state index is 4.14. The van der Waals surface area contributed by atoms with Crippen LogP contribution >= 0.6 is 0 Å². The van der Waals surface area contributed by atoms with E-state index in [-0.39, 0.29) is 10.8 Å². The maximum Gasteiger partial charge on any atom is 0.0459 e. The first-order valence-electron chi connectivity index (χ1n) is 10.8. The Morgan fingerprint density at radius 3 is 1.90 bits per heavy atom. The third kappa shape index (κ3) is 6.07. The first-order chi connectivity index (χ1) is 14.0. The van der Waals surface area contributed by atoms with Gasteiger partial charge in [0.1, 0.15) is 0 Å². The second-order valence-electron chi connectivity index (χ2n) is 6.86. The highest BCUT2D eigenvalue weighted by Crippen LogP contribution is 2.61. The average Bonchev–Trinajstić information content (AvgIpc) is 3.37. The normalized spacial score (nSPS) is 21.8. The summed E-state index contributed by atoms with van der Waals surface area (Å²) in [5.74, 6) is 0. The predicted molar refractivity (Wildman–Crippen MR) is 137 cm³/mol. The predicted octanol–water partition coefficient (Wildman–Crippen LogP) is 9.50. The number of hydrogen-bond acceptors (Lipinski definition) is 0. The molecule has 0 saturated heterocycles. The molecule has 0 spiro atoms. The zero-order chi connectivity index (χ0) is 23.1. The van der Waals surface area contributed by atoms with Crippen LogP contribution < -0.4 is 0 Å². The third-order valence-corrected chi connectivity index (χ3v) is 4.99. The van der Waals surface area contributed by atoms with Gasteiger partial charge in [-0.1, -0.05) is 116 Å². The standard InChI is InChI=1S/C23H28.2C2H6.C2H4/c1-7-13-18(14-8-2)23(19-15-11-12-16-19)17-22(5,6)20(9-3)21(23)10-4;3*1-2/h7-11,13-16H,1,3-4,12,17H2,2,5-6H3;2*1-2H3;1-2H2/b14-8-,18-13+;;;. The Labute approximate surface area is 182 Å². The van der Waals surface area contributed by atoms with Crippen LogP contribution in [0.4, 0.5) is 0 Å². The van der Waals surface area contributed by atoms with Crippen LogP contribution in [0.2, 0.25) is 0 Å². The summed E-state index contributed by atoms with van der Waals surface area (Å²) >= 11 is 0. The fourth-order valence-corrected chi connectivity index (χ4v) is 4.22. The van der Waals surface area contributed by atoms with Gasteiger partial charge in [0.2, 0.25) is 0 Å². The average molecular weight is 393 g/mol. The van der Waals surface area contributed by atoms with Crippen molar-refractivity contribution in [3.05, 3.63) is 110 Å². The highest BCUT2D eigenvalue weighted by Gasteiger charge is 2.50. The van der Waals surface area contributed by atoms with E-state index in [2.05, 4.69) is 90.1 Å². The van der Waals surface area contributed by atoms with Gasteiger partial charge in [0, 0.05) is 5.41 Å². The highest BCUT2D eigenvalue weighted by molar-refractivity contribution is 5.61. The van der Waals surface area contributed by atoms with Crippen LogP contribution in [0, 0.1) is 10.8 Å². The van der Waals surface area contributed by atoms with E-state index < -0.39 is 0 Å². The Bertz CT molecular complexity index is 686. The van der Waals surface area contributed by atoms with Crippen molar-refractivity contribution in [3.63, 3.8) is 0 Å². The summed E-state index contributed by atoms with van der Waals surface area (Å²) in [4.78, 5) is 0. The topological polar surface area (TPSA) is 0 Å². The van der Waals surface area contributed by atoms with Crippen molar-refractivity contribution in [1.29, 1.82) is 0 Å². The van der Waals surface area contributed by atoms with E-state index in [1.165, 1.54) is 22.3 Å². The summed E-state index contributed by atoms with van der Waals surface area (Å²) < 4.78 is 0. The summed E-state index contributed by atoms with van der Waals surface area (Å²) in [6, 6.07) is 0. The summed E-state index contributed by atoms with van der Waals surface area (Å²) in [5, 5.41) is 0. The molecule has 0 aliphatic heterocycles. The minimum absolute atomic E-state index is 0.0599. The molecule has 0 aromatic rings. The number of hydrogen-bond donors (Lipinski definition) is 0. The molecule has 1 atom stereocenters. The van der Waals surface area contributed by atoms with Gasteiger partial charge < -0.3 is 0 Å². The SMILES string of the molecule is C=C.C=C/C=C(\C=C/C)C1(C2=CCC=C2)CC(C)(C)C(C=C)=C1C=C.CC.CC. The maximum absolute atomic E-state index is 4.14. The van der Waals surface area contributed by atoms with Gasteiger partial charge in [-0.3, -0.25) is 0 Å². The zero-order valence-corrected chi connectivity index (χ0v) is 20.1. The van der Waals surface area contributed by atoms with E-state index in [0.717, 1.165) is 12.8 Å². The fraction of sp³-hybridized carbons (Fsp3) is 0.379. The summed E-state index contributed by atoms with van der Waals surface area (Å²) in [6.07, 6.45) is 21.2. The van der Waals surface area contributed by atoms with Gasteiger partial charge in [0.05, 0.1) is 0 Å². The van der Waals surface area contributed by atoms with Gasteiger partial charge in [-0.25, -0.2) is 0 Å². The van der Waals surface area contributed by atoms with Crippen LogP contribution in [-0.4, -0.2) is 0 Å². The van der Waals surface area contributed by atoms with Crippen LogP contribution in [0.25, 0.3) is 0 Å². The molecule has 29 heavy (non-hydrogen) atoms. The van der Waals surface area contributed by atoms with E-state index in [1.807, 2.05) is 45.9 Å². The highest BCUT2D eigenvalue weighted by atomic mass is 14.5. The van der Waals surface area contributed by atoms with Gasteiger partial charge in [-0.2, -0.15) is 0 Å². The lowest BCUT2D eigenvalue weighted by Gasteiger charge is -2.36. The Balaban J connectivity index is 0. The van der Waals surface area contributed by atoms with Crippen LogP contribution in [0.5, 0.6) is 0 Å². The molecule has 0 heterocycles. The smallest absolute Gasteiger partial charge is 0.0459 e. The zero-order valence-electron chi connectivity index (χ0n) is 20.1. The second kappa shape index (κ2) is 14.6. The monoisotopic (exact) mass is 392 g/mol. The Hall–Kier alpha value is -2.34. The molecule has 2 aliphatic rings. The lowest BCUT2D eigenvalue weighted by atomic mass is 9.66. The van der Waals surface area contributed by atoms with Crippen molar-refractivity contribution in [1.82, 2.24) is 0 Å². The van der Waals surface area contributed by atoms with Crippen molar-refractivity contribution in [2.24, 2.45) is 10.8 Å². The van der Waals surface area contributed by atoms with Crippen molar-refractivity contribution in [3.8, 4) is 0 Å². The largest absolute Gasteiger partial charge is 0.106 e. The molecular formula is C29H44.